The van der Waals surface area contributed by atoms with E-state index in [1.807, 2.05) is 0 Å². The van der Waals surface area contributed by atoms with Crippen LogP contribution in [0.25, 0.3) is 0 Å². The molecular weight excluding hydrogens is 386 g/mol. The molecule has 0 saturated carbocycles. The van der Waals surface area contributed by atoms with Crippen molar-refractivity contribution < 1.29 is 26.3 Å². The zero-order valence-electron chi connectivity index (χ0n) is 13.2. The molecule has 1 heterocycles. The molecule has 0 N–H and O–H groups in total. The Morgan fingerprint density at radius 3 is 1.63 bits per heavy atom. The molecule has 13 heteroatoms. The van der Waals surface area contributed by atoms with Crippen molar-refractivity contribution in [1.29, 1.82) is 0 Å². The Kier molecular flexibility index (Phi) is 5.42. The molecule has 2 rings (SSSR count). The van der Waals surface area contributed by atoms with E-state index in [0.717, 1.165) is 6.21 Å². The predicted molar refractivity (Wildman–Crippen MR) is 80.8 cm³/mol. The van der Waals surface area contributed by atoms with E-state index in [1.54, 1.807) is 6.07 Å². The van der Waals surface area contributed by atoms with Gasteiger partial charge in [0.1, 0.15) is 13.1 Å². The lowest BCUT2D eigenvalue weighted by atomic mass is 10.2. The van der Waals surface area contributed by atoms with Crippen LogP contribution >= 0.6 is 0 Å². The highest BCUT2D eigenvalue weighted by molar-refractivity contribution is 5.79. The van der Waals surface area contributed by atoms with Crippen LogP contribution in [0.4, 0.5) is 26.3 Å². The van der Waals surface area contributed by atoms with Crippen molar-refractivity contribution in [2.24, 2.45) is 5.10 Å². The minimum atomic E-state index is -5.09. The van der Waals surface area contributed by atoms with E-state index in [0.29, 0.717) is 5.56 Å². The van der Waals surface area contributed by atoms with Gasteiger partial charge in [0.25, 0.3) is 0 Å². The van der Waals surface area contributed by atoms with Gasteiger partial charge in [0.2, 0.25) is 0 Å². The van der Waals surface area contributed by atoms with Crippen molar-refractivity contribution in [1.82, 2.24) is 13.8 Å². The zero-order chi connectivity index (χ0) is 20.4. The minimum Gasteiger partial charge on any atom is -0.247 e. The van der Waals surface area contributed by atoms with Crippen LogP contribution in [-0.4, -0.2) is 32.4 Å². The maximum absolute atomic E-state index is 12.6. The molecule has 0 aliphatic rings. The second-order valence-corrected chi connectivity index (χ2v) is 5.22. The van der Waals surface area contributed by atoms with Crippen LogP contribution in [0, 0.1) is 0 Å². The molecule has 0 fully saturated rings. The molecule has 0 atom stereocenters. The Labute approximate surface area is 145 Å². The first-order chi connectivity index (χ1) is 12.4. The van der Waals surface area contributed by atoms with Gasteiger partial charge in [-0.15, -0.1) is 4.68 Å². The van der Waals surface area contributed by atoms with Gasteiger partial charge in [-0.05, 0) is 5.56 Å². The summed E-state index contributed by atoms with van der Waals surface area (Å²) in [5, 5.41) is 3.35. The minimum absolute atomic E-state index is 0.230. The number of benzene rings is 1. The number of alkyl halides is 6. The van der Waals surface area contributed by atoms with Crippen molar-refractivity contribution in [3.63, 3.8) is 0 Å². The third kappa shape index (κ3) is 5.18. The first-order valence-electron chi connectivity index (χ1n) is 7.09. The second kappa shape index (κ2) is 7.25. The summed E-state index contributed by atoms with van der Waals surface area (Å²) >= 11 is 0. The Morgan fingerprint density at radius 2 is 1.22 bits per heavy atom. The van der Waals surface area contributed by atoms with Gasteiger partial charge in [-0.3, -0.25) is 0 Å². The molecule has 0 radical (unpaired) electrons. The van der Waals surface area contributed by atoms with Crippen molar-refractivity contribution >= 4 is 6.21 Å². The summed E-state index contributed by atoms with van der Waals surface area (Å²) < 4.78 is 74.3. The van der Waals surface area contributed by atoms with E-state index in [1.165, 1.54) is 24.3 Å². The van der Waals surface area contributed by atoms with Gasteiger partial charge < -0.3 is 0 Å². The molecule has 0 aliphatic carbocycles. The van der Waals surface area contributed by atoms with Crippen LogP contribution in [0.1, 0.15) is 5.56 Å². The Morgan fingerprint density at radius 1 is 0.778 bits per heavy atom. The average molecular weight is 396 g/mol. The largest absolute Gasteiger partial charge is 0.406 e. The molecule has 0 aliphatic heterocycles. The zero-order valence-corrected chi connectivity index (χ0v) is 13.2. The van der Waals surface area contributed by atoms with Gasteiger partial charge in [0.05, 0.1) is 6.21 Å². The summed E-state index contributed by atoms with van der Waals surface area (Å²) in [6.07, 6.45) is -9.31. The van der Waals surface area contributed by atoms with Gasteiger partial charge in [-0.2, -0.15) is 31.4 Å². The summed E-state index contributed by atoms with van der Waals surface area (Å²) in [6, 6.07) is 7.60. The topological polar surface area (TPSA) is 78.4 Å². The number of nitrogens with zero attached hydrogens (tertiary/aromatic N) is 4. The van der Waals surface area contributed by atoms with E-state index < -0.39 is 51.6 Å². The molecule has 27 heavy (non-hydrogen) atoms. The SMILES string of the molecule is O=c1n(CC(F)(F)F)c(=O)n(/N=C\c2ccccc2)c(=O)n1CC(F)(F)F. The normalized spacial score (nSPS) is 12.7. The molecule has 0 bridgehead atoms. The number of hydrogen-bond donors (Lipinski definition) is 0. The highest BCUT2D eigenvalue weighted by Crippen LogP contribution is 2.16. The smallest absolute Gasteiger partial charge is 0.247 e. The van der Waals surface area contributed by atoms with Crippen molar-refractivity contribution in [3.05, 3.63) is 67.3 Å². The van der Waals surface area contributed by atoms with E-state index in [-0.39, 0.29) is 4.68 Å². The highest BCUT2D eigenvalue weighted by atomic mass is 19.4. The molecule has 1 aromatic carbocycles. The molecule has 1 aromatic heterocycles. The molecule has 146 valence electrons. The fourth-order valence-electron chi connectivity index (χ4n) is 2.01. The predicted octanol–water partition coefficient (Wildman–Crippen LogP) is 1.18. The number of aromatic nitrogens is 3. The fourth-order valence-corrected chi connectivity index (χ4v) is 2.01. The number of rotatable bonds is 4. The summed E-state index contributed by atoms with van der Waals surface area (Å²) in [6.45, 7) is -4.35. The lowest BCUT2D eigenvalue weighted by Crippen LogP contribution is -2.56. The first kappa shape index (κ1) is 20.2. The second-order valence-electron chi connectivity index (χ2n) is 5.22. The van der Waals surface area contributed by atoms with Crippen LogP contribution in [-0.2, 0) is 13.1 Å². The Bertz CT molecular complexity index is 961. The van der Waals surface area contributed by atoms with Gasteiger partial charge >= 0.3 is 29.4 Å². The number of halogens is 6. The van der Waals surface area contributed by atoms with Crippen LogP contribution in [0.15, 0.2) is 49.8 Å². The van der Waals surface area contributed by atoms with Crippen LogP contribution in [0.5, 0.6) is 0 Å². The molecule has 0 spiro atoms. The third-order valence-electron chi connectivity index (χ3n) is 3.08. The van der Waals surface area contributed by atoms with Gasteiger partial charge in [0, 0.05) is 0 Å². The van der Waals surface area contributed by atoms with E-state index in [9.17, 15) is 40.7 Å². The monoisotopic (exact) mass is 396 g/mol. The summed E-state index contributed by atoms with van der Waals surface area (Å²) in [5.74, 6) is 0. The number of hydrogen-bond acceptors (Lipinski definition) is 4. The molecule has 0 amide bonds. The molecule has 0 unspecified atom stereocenters. The standard InChI is InChI=1S/C14H10F6N4O3/c15-13(16,17)7-22-10(25)23(8-14(18,19)20)12(27)24(11(22)26)21-6-9-4-2-1-3-5-9/h1-6H,7-8H2/b21-6-. The molecule has 7 nitrogen and oxygen atoms in total. The van der Waals surface area contributed by atoms with Gasteiger partial charge in [0.15, 0.2) is 0 Å². The first-order valence-corrected chi connectivity index (χ1v) is 7.09. The summed E-state index contributed by atoms with van der Waals surface area (Å²) in [4.78, 5) is 35.9. The Hall–Kier alpha value is -3.12. The van der Waals surface area contributed by atoms with Crippen LogP contribution in [0.2, 0.25) is 0 Å². The lowest BCUT2D eigenvalue weighted by Gasteiger charge is -2.14. The van der Waals surface area contributed by atoms with Crippen molar-refractivity contribution in [2.45, 2.75) is 25.4 Å². The van der Waals surface area contributed by atoms with E-state index in [4.69, 9.17) is 0 Å². The van der Waals surface area contributed by atoms with E-state index >= 15 is 0 Å². The lowest BCUT2D eigenvalue weighted by molar-refractivity contribution is -0.146. The Balaban J connectivity index is 2.71. The van der Waals surface area contributed by atoms with Crippen molar-refractivity contribution in [2.75, 3.05) is 0 Å². The molecule has 2 aromatic rings. The van der Waals surface area contributed by atoms with Gasteiger partial charge in [-0.1, -0.05) is 30.3 Å². The maximum atomic E-state index is 12.6. The summed E-state index contributed by atoms with van der Waals surface area (Å²) in [5.41, 5.74) is -5.36. The van der Waals surface area contributed by atoms with Gasteiger partial charge in [-0.25, -0.2) is 23.5 Å². The maximum Gasteiger partial charge on any atom is 0.406 e. The van der Waals surface area contributed by atoms with Crippen LogP contribution in [0.3, 0.4) is 0 Å². The highest BCUT2D eigenvalue weighted by Gasteiger charge is 2.34. The molecular formula is C14H10F6N4O3. The average Bonchev–Trinajstić information content (AvgIpc) is 2.55. The quantitative estimate of drug-likeness (QED) is 0.575. The fraction of sp³-hybridized carbons (Fsp3) is 0.286. The van der Waals surface area contributed by atoms with Crippen LogP contribution < -0.4 is 17.1 Å². The molecule has 0 saturated heterocycles. The van der Waals surface area contributed by atoms with Crippen molar-refractivity contribution in [3.8, 4) is 0 Å². The summed E-state index contributed by atoms with van der Waals surface area (Å²) in [7, 11) is 0. The van der Waals surface area contributed by atoms with E-state index in [2.05, 4.69) is 5.10 Å². The third-order valence-corrected chi connectivity index (χ3v) is 3.08.